The molecule has 3 aromatic rings. The second-order valence-corrected chi connectivity index (χ2v) is 7.41. The Balaban J connectivity index is 2.17. The minimum atomic E-state index is -1.71. The zero-order valence-electron chi connectivity index (χ0n) is 15.3. The molecular formula is C18H12ClF3N4O5. The van der Waals surface area contributed by atoms with Crippen LogP contribution in [0.1, 0.15) is 10.4 Å². The molecule has 0 amide bonds. The number of anilines is 1. The molecule has 0 unspecified atom stereocenters. The SMILES string of the molecule is Nc1nc(-n2cc(C(=O)O)c(=O)c3cc(F)c([N+]4([O-])CC(O)C4)c(Cl)c32)c(F)cc1F. The molecule has 1 saturated heterocycles. The quantitative estimate of drug-likeness (QED) is 0.403. The van der Waals surface area contributed by atoms with Gasteiger partial charge in [-0.3, -0.25) is 9.36 Å². The lowest BCUT2D eigenvalue weighted by Crippen LogP contribution is -2.64. The Morgan fingerprint density at radius 3 is 2.48 bits per heavy atom. The van der Waals surface area contributed by atoms with Gasteiger partial charge in [0.05, 0.1) is 10.9 Å². The van der Waals surface area contributed by atoms with Crippen molar-refractivity contribution in [3.05, 3.63) is 61.8 Å². The first kappa shape index (κ1) is 21.1. The molecular weight excluding hydrogens is 445 g/mol. The number of pyridine rings is 2. The molecule has 31 heavy (non-hydrogen) atoms. The average Bonchev–Trinajstić information content (AvgIpc) is 2.64. The maximum Gasteiger partial charge on any atom is 0.341 e. The number of carbonyl (C=O) groups is 1. The molecule has 0 spiro atoms. The van der Waals surface area contributed by atoms with E-state index in [1.807, 2.05) is 0 Å². The lowest BCUT2D eigenvalue weighted by molar-refractivity contribution is 0.0354. The standard InChI is InChI=1S/C18H12ClF3N4O5/c19-12-13-7(1-9(20)14(12)26(31)4-6(27)5-26)15(28)8(18(29)30)3-25(13)17-11(22)2-10(21)16(23)24-17/h1-3,6,27H,4-5H2,(H2,23,24)(H,29,30). The first-order chi connectivity index (χ1) is 14.4. The molecule has 1 fully saturated rings. The molecule has 0 atom stereocenters. The van der Waals surface area contributed by atoms with Gasteiger partial charge in [-0.25, -0.2) is 22.9 Å². The minimum absolute atomic E-state index is 0.383. The summed E-state index contributed by atoms with van der Waals surface area (Å²) in [5, 5.41) is 30.5. The van der Waals surface area contributed by atoms with Crippen molar-refractivity contribution in [2.45, 2.75) is 6.10 Å². The van der Waals surface area contributed by atoms with E-state index in [4.69, 9.17) is 17.3 Å². The molecule has 162 valence electrons. The van der Waals surface area contributed by atoms with E-state index in [0.29, 0.717) is 22.9 Å². The number of carboxylic acid groups (broad SMARTS) is 1. The number of carboxylic acids is 1. The van der Waals surface area contributed by atoms with Crippen molar-refractivity contribution in [3.63, 3.8) is 0 Å². The number of nitrogens with zero attached hydrogens (tertiary/aromatic N) is 3. The summed E-state index contributed by atoms with van der Waals surface area (Å²) < 4.78 is 42.3. The van der Waals surface area contributed by atoms with Crippen molar-refractivity contribution in [1.82, 2.24) is 14.2 Å². The fraction of sp³-hybridized carbons (Fsp3) is 0.167. The third kappa shape index (κ3) is 3.11. The lowest BCUT2D eigenvalue weighted by Gasteiger charge is -2.51. The van der Waals surface area contributed by atoms with Crippen molar-refractivity contribution in [1.29, 1.82) is 0 Å². The van der Waals surface area contributed by atoms with E-state index >= 15 is 0 Å². The molecule has 1 aromatic carbocycles. The molecule has 9 nitrogen and oxygen atoms in total. The van der Waals surface area contributed by atoms with Gasteiger partial charge in [-0.1, -0.05) is 11.6 Å². The van der Waals surface area contributed by atoms with Gasteiger partial charge in [0.2, 0.25) is 5.43 Å². The largest absolute Gasteiger partial charge is 0.627 e. The Bertz CT molecular complexity index is 1340. The average molecular weight is 457 g/mol. The van der Waals surface area contributed by atoms with E-state index in [1.165, 1.54) is 0 Å². The first-order valence-electron chi connectivity index (χ1n) is 8.64. The Morgan fingerprint density at radius 2 is 1.90 bits per heavy atom. The first-order valence-corrected chi connectivity index (χ1v) is 9.01. The molecule has 2 aromatic heterocycles. The van der Waals surface area contributed by atoms with Crippen molar-refractivity contribution < 1.29 is 28.2 Å². The number of rotatable bonds is 3. The van der Waals surface area contributed by atoms with Crippen LogP contribution >= 0.6 is 11.6 Å². The van der Waals surface area contributed by atoms with Crippen LogP contribution in [0.3, 0.4) is 0 Å². The van der Waals surface area contributed by atoms with E-state index in [9.17, 15) is 38.2 Å². The van der Waals surface area contributed by atoms with Crippen LogP contribution in [0.15, 0.2) is 23.1 Å². The summed E-state index contributed by atoms with van der Waals surface area (Å²) in [6.07, 6.45) is -0.333. The summed E-state index contributed by atoms with van der Waals surface area (Å²) in [7, 11) is 0. The number of hydrogen-bond donors (Lipinski definition) is 3. The number of hydrogen-bond acceptors (Lipinski definition) is 6. The van der Waals surface area contributed by atoms with Crippen molar-refractivity contribution >= 4 is 40.0 Å². The van der Waals surface area contributed by atoms with E-state index < -0.39 is 91.5 Å². The molecule has 0 radical (unpaired) electrons. The lowest BCUT2D eigenvalue weighted by atomic mass is 10.1. The summed E-state index contributed by atoms with van der Waals surface area (Å²) >= 11 is 6.27. The third-order valence-corrected chi connectivity index (χ3v) is 5.33. The highest BCUT2D eigenvalue weighted by molar-refractivity contribution is 6.38. The van der Waals surface area contributed by atoms with Crippen LogP contribution in [-0.4, -0.2) is 44.9 Å². The highest BCUT2D eigenvalue weighted by atomic mass is 35.5. The second kappa shape index (κ2) is 6.92. The molecule has 0 aliphatic carbocycles. The van der Waals surface area contributed by atoms with Crippen molar-refractivity contribution in [3.8, 4) is 5.82 Å². The zero-order valence-corrected chi connectivity index (χ0v) is 16.0. The summed E-state index contributed by atoms with van der Waals surface area (Å²) in [4.78, 5) is 27.7. The van der Waals surface area contributed by atoms with E-state index in [0.717, 1.165) is 0 Å². The number of fused-ring (bicyclic) bond motifs is 1. The van der Waals surface area contributed by atoms with Gasteiger partial charge in [0.1, 0.15) is 23.7 Å². The molecule has 13 heteroatoms. The minimum Gasteiger partial charge on any atom is -0.627 e. The maximum absolute atomic E-state index is 14.8. The van der Waals surface area contributed by atoms with Gasteiger partial charge in [0.15, 0.2) is 40.9 Å². The van der Waals surface area contributed by atoms with Crippen LogP contribution in [0.5, 0.6) is 0 Å². The van der Waals surface area contributed by atoms with Gasteiger partial charge < -0.3 is 25.8 Å². The third-order valence-electron chi connectivity index (χ3n) is 4.97. The number of aliphatic hydroxyl groups is 1. The number of nitrogen functional groups attached to an aromatic ring is 1. The van der Waals surface area contributed by atoms with Crippen LogP contribution in [0.25, 0.3) is 16.7 Å². The van der Waals surface area contributed by atoms with Gasteiger partial charge in [-0.15, -0.1) is 0 Å². The molecule has 4 N–H and O–H groups in total. The van der Waals surface area contributed by atoms with Crippen LogP contribution < -0.4 is 15.8 Å². The summed E-state index contributed by atoms with van der Waals surface area (Å²) in [6, 6.07) is 0.989. The molecule has 1 aliphatic heterocycles. The van der Waals surface area contributed by atoms with Crippen LogP contribution in [0.4, 0.5) is 24.7 Å². The monoisotopic (exact) mass is 456 g/mol. The zero-order chi connectivity index (χ0) is 22.8. The predicted molar refractivity (Wildman–Crippen MR) is 104 cm³/mol. The number of benzene rings is 1. The van der Waals surface area contributed by atoms with E-state index in [2.05, 4.69) is 4.98 Å². The highest BCUT2D eigenvalue weighted by Gasteiger charge is 2.42. The van der Waals surface area contributed by atoms with Gasteiger partial charge in [0, 0.05) is 12.3 Å². The van der Waals surface area contributed by atoms with Crippen molar-refractivity contribution in [2.24, 2.45) is 0 Å². The normalized spacial score (nSPS) is 20.6. The van der Waals surface area contributed by atoms with Gasteiger partial charge in [-0.05, 0) is 6.07 Å². The second-order valence-electron chi connectivity index (χ2n) is 7.03. The number of aromatic carboxylic acids is 1. The Hall–Kier alpha value is -3.19. The maximum atomic E-state index is 14.8. The molecule has 1 aliphatic rings. The highest BCUT2D eigenvalue weighted by Crippen LogP contribution is 2.42. The fourth-order valence-electron chi connectivity index (χ4n) is 3.55. The fourth-order valence-corrected chi connectivity index (χ4v) is 3.98. The number of aliphatic hydroxyl groups excluding tert-OH is 1. The Kier molecular flexibility index (Phi) is 4.70. The molecule has 3 heterocycles. The number of hydroxylamine groups is 2. The summed E-state index contributed by atoms with van der Waals surface area (Å²) in [6.45, 7) is -0.842. The topological polar surface area (TPSA) is 142 Å². The van der Waals surface area contributed by atoms with Gasteiger partial charge >= 0.3 is 5.97 Å². The van der Waals surface area contributed by atoms with Crippen molar-refractivity contribution in [2.75, 3.05) is 18.8 Å². The number of halogens is 4. The summed E-state index contributed by atoms with van der Waals surface area (Å²) in [5.41, 5.74) is 2.29. The van der Waals surface area contributed by atoms with Gasteiger partial charge in [-0.2, -0.15) is 0 Å². The number of quaternary nitrogens is 1. The predicted octanol–water partition coefficient (Wildman–Crippen LogP) is 1.92. The van der Waals surface area contributed by atoms with E-state index in [-0.39, 0.29) is 0 Å². The smallest absolute Gasteiger partial charge is 0.341 e. The Morgan fingerprint density at radius 1 is 1.26 bits per heavy atom. The van der Waals surface area contributed by atoms with Crippen LogP contribution in [-0.2, 0) is 0 Å². The van der Waals surface area contributed by atoms with Crippen LogP contribution in [0, 0.1) is 22.7 Å². The molecule has 0 bridgehead atoms. The molecule has 0 saturated carbocycles. The molecule has 4 rings (SSSR count). The summed E-state index contributed by atoms with van der Waals surface area (Å²) in [5.74, 6) is -6.88. The number of nitrogens with two attached hydrogens (primary N) is 1. The van der Waals surface area contributed by atoms with Gasteiger partial charge in [0.25, 0.3) is 0 Å². The van der Waals surface area contributed by atoms with E-state index in [1.54, 1.807) is 0 Å². The van der Waals surface area contributed by atoms with Crippen LogP contribution in [0.2, 0.25) is 5.02 Å². The number of aromatic nitrogens is 2. The Labute approximate surface area is 175 Å².